The fourth-order valence-corrected chi connectivity index (χ4v) is 1.88. The van der Waals surface area contributed by atoms with Crippen molar-refractivity contribution >= 4 is 11.7 Å². The molecule has 2 aromatic rings. The summed E-state index contributed by atoms with van der Waals surface area (Å²) in [6.45, 7) is 2.33. The van der Waals surface area contributed by atoms with Gasteiger partial charge >= 0.3 is 0 Å². The molecule has 1 heterocycles. The molecule has 4 N–H and O–H groups in total. The number of hydrogen-bond acceptors (Lipinski definition) is 5. The normalized spacial score (nSPS) is 11.9. The fraction of sp³-hybridized carbons (Fsp3) is 0.267. The highest BCUT2D eigenvalue weighted by atomic mass is 16.5. The van der Waals surface area contributed by atoms with Gasteiger partial charge in [-0.2, -0.15) is 0 Å². The van der Waals surface area contributed by atoms with Gasteiger partial charge in [0.2, 0.25) is 5.91 Å². The summed E-state index contributed by atoms with van der Waals surface area (Å²) in [5, 5.41) is 0. The third-order valence-corrected chi connectivity index (χ3v) is 2.85. The van der Waals surface area contributed by atoms with Crippen LogP contribution < -0.4 is 16.2 Å². The molecule has 21 heavy (non-hydrogen) atoms. The van der Waals surface area contributed by atoms with Crippen molar-refractivity contribution in [2.75, 3.05) is 12.3 Å². The van der Waals surface area contributed by atoms with E-state index in [-0.39, 0.29) is 11.8 Å². The summed E-state index contributed by atoms with van der Waals surface area (Å²) in [6, 6.07) is 9.05. The summed E-state index contributed by atoms with van der Waals surface area (Å²) in [4.78, 5) is 19.2. The van der Waals surface area contributed by atoms with Gasteiger partial charge in [0.25, 0.3) is 0 Å². The summed E-state index contributed by atoms with van der Waals surface area (Å²) in [6.07, 6.45) is 1.91. The predicted octanol–water partition coefficient (Wildman–Crippen LogP) is 1.62. The van der Waals surface area contributed by atoms with Crippen molar-refractivity contribution in [1.82, 2.24) is 9.97 Å². The van der Waals surface area contributed by atoms with Crippen LogP contribution in [0.15, 0.2) is 36.5 Å². The maximum absolute atomic E-state index is 10.8. The van der Waals surface area contributed by atoms with Crippen molar-refractivity contribution < 1.29 is 9.53 Å². The lowest BCUT2D eigenvalue weighted by Gasteiger charge is -2.12. The Morgan fingerprint density at radius 3 is 2.90 bits per heavy atom. The number of aromatic nitrogens is 2. The number of amides is 1. The van der Waals surface area contributed by atoms with Gasteiger partial charge in [-0.05, 0) is 24.1 Å². The third-order valence-electron chi connectivity index (χ3n) is 2.85. The van der Waals surface area contributed by atoms with E-state index in [2.05, 4.69) is 9.97 Å². The topological polar surface area (TPSA) is 104 Å². The van der Waals surface area contributed by atoms with E-state index in [1.807, 2.05) is 31.2 Å². The molecule has 0 aliphatic rings. The molecule has 1 aromatic carbocycles. The van der Waals surface area contributed by atoms with Crippen LogP contribution >= 0.6 is 0 Å². The average Bonchev–Trinajstić information content (AvgIpc) is 2.45. The van der Waals surface area contributed by atoms with Gasteiger partial charge in [-0.1, -0.05) is 19.1 Å². The maximum atomic E-state index is 10.8. The molecule has 1 aromatic heterocycles. The van der Waals surface area contributed by atoms with Gasteiger partial charge in [0.1, 0.15) is 11.6 Å². The molecule has 0 spiro atoms. The highest BCUT2D eigenvalue weighted by Crippen LogP contribution is 2.21. The van der Waals surface area contributed by atoms with Crippen molar-refractivity contribution in [3.8, 4) is 17.1 Å². The second-order valence-electron chi connectivity index (χ2n) is 4.92. The first kappa shape index (κ1) is 14.8. The molecule has 0 aliphatic carbocycles. The third kappa shape index (κ3) is 4.45. The van der Waals surface area contributed by atoms with E-state index < -0.39 is 0 Å². The summed E-state index contributed by atoms with van der Waals surface area (Å²) in [7, 11) is 0. The van der Waals surface area contributed by atoms with Gasteiger partial charge in [-0.15, -0.1) is 0 Å². The van der Waals surface area contributed by atoms with Crippen LogP contribution in [0.4, 0.5) is 5.82 Å². The zero-order valence-electron chi connectivity index (χ0n) is 11.8. The van der Waals surface area contributed by atoms with Crippen molar-refractivity contribution in [2.45, 2.75) is 13.3 Å². The Balaban J connectivity index is 2.06. The SMILES string of the molecule is CC(COc1cccc(-c2nccc(N)n2)c1)CC(N)=O. The molecular weight excluding hydrogens is 268 g/mol. The van der Waals surface area contributed by atoms with Crippen molar-refractivity contribution in [1.29, 1.82) is 0 Å². The Hall–Kier alpha value is -2.63. The van der Waals surface area contributed by atoms with Gasteiger partial charge in [0.05, 0.1) is 6.61 Å². The lowest BCUT2D eigenvalue weighted by molar-refractivity contribution is -0.119. The number of nitrogens with two attached hydrogens (primary N) is 2. The molecule has 1 unspecified atom stereocenters. The summed E-state index contributed by atoms with van der Waals surface area (Å²) >= 11 is 0. The van der Waals surface area contributed by atoms with Crippen molar-refractivity contribution in [3.05, 3.63) is 36.5 Å². The minimum absolute atomic E-state index is 0.0646. The van der Waals surface area contributed by atoms with Crippen LogP contribution in [-0.4, -0.2) is 22.5 Å². The summed E-state index contributed by atoms with van der Waals surface area (Å²) < 4.78 is 5.67. The molecule has 2 rings (SSSR count). The molecule has 0 saturated heterocycles. The van der Waals surface area contributed by atoms with E-state index in [9.17, 15) is 4.79 Å². The second-order valence-corrected chi connectivity index (χ2v) is 4.92. The first-order chi connectivity index (χ1) is 10.0. The Bertz CT molecular complexity index is 631. The van der Waals surface area contributed by atoms with Crippen LogP contribution in [0.5, 0.6) is 5.75 Å². The molecule has 0 fully saturated rings. The zero-order valence-corrected chi connectivity index (χ0v) is 11.8. The number of carbonyl (C=O) groups is 1. The number of benzene rings is 1. The van der Waals surface area contributed by atoms with Crippen LogP contribution in [-0.2, 0) is 4.79 Å². The molecule has 0 saturated carbocycles. The van der Waals surface area contributed by atoms with Gasteiger partial charge in [0.15, 0.2) is 5.82 Å². The number of nitrogens with zero attached hydrogens (tertiary/aromatic N) is 2. The second kappa shape index (κ2) is 6.69. The highest BCUT2D eigenvalue weighted by Gasteiger charge is 2.08. The first-order valence-electron chi connectivity index (χ1n) is 6.64. The average molecular weight is 286 g/mol. The largest absolute Gasteiger partial charge is 0.493 e. The molecule has 6 heteroatoms. The van der Waals surface area contributed by atoms with Crippen molar-refractivity contribution in [3.63, 3.8) is 0 Å². The van der Waals surface area contributed by atoms with Crippen LogP contribution in [0.3, 0.4) is 0 Å². The molecule has 1 atom stereocenters. The lowest BCUT2D eigenvalue weighted by Crippen LogP contribution is -2.18. The maximum Gasteiger partial charge on any atom is 0.217 e. The van der Waals surface area contributed by atoms with Gasteiger partial charge in [-0.25, -0.2) is 9.97 Å². The molecule has 6 nitrogen and oxygen atoms in total. The highest BCUT2D eigenvalue weighted by molar-refractivity contribution is 5.73. The number of nitrogen functional groups attached to an aromatic ring is 1. The van der Waals surface area contributed by atoms with Gasteiger partial charge in [0, 0.05) is 18.2 Å². The number of rotatable bonds is 6. The number of primary amides is 1. The Kier molecular flexibility index (Phi) is 4.71. The van der Waals surface area contributed by atoms with E-state index in [1.54, 1.807) is 12.3 Å². The quantitative estimate of drug-likeness (QED) is 0.839. The molecule has 0 radical (unpaired) electrons. The standard InChI is InChI=1S/C15H18N4O2/c1-10(7-14(17)20)9-21-12-4-2-3-11(8-12)15-18-6-5-13(16)19-15/h2-6,8,10H,7,9H2,1H3,(H2,17,20)(H2,16,18,19). The molecule has 0 bridgehead atoms. The molecule has 1 amide bonds. The van der Waals surface area contributed by atoms with Crippen LogP contribution in [0.2, 0.25) is 0 Å². The van der Waals surface area contributed by atoms with E-state index >= 15 is 0 Å². The predicted molar refractivity (Wildman–Crippen MR) is 80.4 cm³/mol. The zero-order chi connectivity index (χ0) is 15.2. The van der Waals surface area contributed by atoms with Crippen LogP contribution in [0.1, 0.15) is 13.3 Å². The lowest BCUT2D eigenvalue weighted by atomic mass is 10.1. The minimum atomic E-state index is -0.326. The minimum Gasteiger partial charge on any atom is -0.493 e. The Morgan fingerprint density at radius 2 is 2.19 bits per heavy atom. The summed E-state index contributed by atoms with van der Waals surface area (Å²) in [5.41, 5.74) is 11.6. The number of anilines is 1. The fourth-order valence-electron chi connectivity index (χ4n) is 1.88. The van der Waals surface area contributed by atoms with Crippen LogP contribution in [0, 0.1) is 5.92 Å². The van der Waals surface area contributed by atoms with Crippen LogP contribution in [0.25, 0.3) is 11.4 Å². The van der Waals surface area contributed by atoms with E-state index in [1.165, 1.54) is 0 Å². The molecular formula is C15H18N4O2. The number of hydrogen-bond donors (Lipinski definition) is 2. The first-order valence-corrected chi connectivity index (χ1v) is 6.64. The molecule has 0 aliphatic heterocycles. The van der Waals surface area contributed by atoms with Gasteiger partial charge in [-0.3, -0.25) is 4.79 Å². The van der Waals surface area contributed by atoms with E-state index in [0.717, 1.165) is 5.56 Å². The number of ether oxygens (including phenoxy) is 1. The van der Waals surface area contributed by atoms with E-state index in [0.29, 0.717) is 30.4 Å². The summed E-state index contributed by atoms with van der Waals surface area (Å²) in [5.74, 6) is 1.39. The van der Waals surface area contributed by atoms with Gasteiger partial charge < -0.3 is 16.2 Å². The van der Waals surface area contributed by atoms with E-state index in [4.69, 9.17) is 16.2 Å². The number of carbonyl (C=O) groups excluding carboxylic acids is 1. The Morgan fingerprint density at radius 1 is 1.38 bits per heavy atom. The smallest absolute Gasteiger partial charge is 0.217 e. The monoisotopic (exact) mass is 286 g/mol. The van der Waals surface area contributed by atoms with Crippen molar-refractivity contribution in [2.24, 2.45) is 11.7 Å². The molecule has 110 valence electrons. The Labute approximate surface area is 123 Å².